The van der Waals surface area contributed by atoms with Crippen LogP contribution in [0.2, 0.25) is 0 Å². The van der Waals surface area contributed by atoms with E-state index in [1.807, 2.05) is 67.2 Å². The zero-order valence-electron chi connectivity index (χ0n) is 17.9. The van der Waals surface area contributed by atoms with E-state index in [4.69, 9.17) is 9.47 Å². The molecule has 160 valence electrons. The van der Waals surface area contributed by atoms with E-state index < -0.39 is 0 Å². The molecule has 0 saturated heterocycles. The molecule has 5 nitrogen and oxygen atoms in total. The summed E-state index contributed by atoms with van der Waals surface area (Å²) in [5.41, 5.74) is 7.19. The van der Waals surface area contributed by atoms with E-state index in [0.717, 1.165) is 17.1 Å². The van der Waals surface area contributed by atoms with E-state index in [1.54, 1.807) is 14.2 Å². The van der Waals surface area contributed by atoms with Gasteiger partial charge in [-0.3, -0.25) is 4.79 Å². The Bertz CT molecular complexity index is 1030. The molecule has 0 aromatic heterocycles. The number of nitrogens with zero attached hydrogens (tertiary/aromatic N) is 1. The summed E-state index contributed by atoms with van der Waals surface area (Å²) in [6.07, 6.45) is 0. The molecular weight excluding hydrogens is 408 g/mol. The van der Waals surface area contributed by atoms with Gasteiger partial charge >= 0.3 is 0 Å². The molecule has 0 atom stereocenters. The predicted octanol–water partition coefficient (Wildman–Crippen LogP) is 5.29. The van der Waals surface area contributed by atoms with Crippen LogP contribution in [-0.2, 0) is 11.5 Å². The smallest absolute Gasteiger partial charge is 0.271 e. The van der Waals surface area contributed by atoms with Crippen molar-refractivity contribution in [2.24, 2.45) is 5.10 Å². The summed E-state index contributed by atoms with van der Waals surface area (Å²) in [5.74, 6) is 2.87. The molecule has 0 aliphatic carbocycles. The number of carbonyl (C=O) groups is 1. The fraction of sp³-hybridized carbons (Fsp3) is 0.200. The van der Waals surface area contributed by atoms with Gasteiger partial charge in [0.2, 0.25) is 0 Å². The number of hydrazone groups is 1. The van der Waals surface area contributed by atoms with E-state index in [9.17, 15) is 4.79 Å². The Hall–Kier alpha value is -3.25. The van der Waals surface area contributed by atoms with Gasteiger partial charge in [-0.25, -0.2) is 5.43 Å². The van der Waals surface area contributed by atoms with E-state index in [2.05, 4.69) is 34.8 Å². The third-order valence-electron chi connectivity index (χ3n) is 4.72. The average molecular weight is 435 g/mol. The summed E-state index contributed by atoms with van der Waals surface area (Å²) < 4.78 is 10.6. The van der Waals surface area contributed by atoms with Crippen molar-refractivity contribution in [3.63, 3.8) is 0 Å². The van der Waals surface area contributed by atoms with Crippen molar-refractivity contribution < 1.29 is 14.3 Å². The van der Waals surface area contributed by atoms with Crippen LogP contribution in [0.4, 0.5) is 0 Å². The number of carbonyl (C=O) groups excluding carboxylic acids is 1. The highest BCUT2D eigenvalue weighted by molar-refractivity contribution is 7.97. The molecule has 31 heavy (non-hydrogen) atoms. The Kier molecular flexibility index (Phi) is 8.12. The molecule has 6 heteroatoms. The minimum absolute atomic E-state index is 0.247. The lowest BCUT2D eigenvalue weighted by molar-refractivity contribution is 0.0955. The SMILES string of the molecule is COc1ccc(/C(C)=N\NC(=O)c2ccc(CSCc3ccccc3)cc2)cc1OC. The molecule has 0 spiro atoms. The van der Waals surface area contributed by atoms with Gasteiger partial charge in [0.25, 0.3) is 5.91 Å². The number of hydrogen-bond donors (Lipinski definition) is 1. The van der Waals surface area contributed by atoms with Gasteiger partial charge in [-0.2, -0.15) is 16.9 Å². The Morgan fingerprint density at radius 1 is 0.839 bits per heavy atom. The minimum Gasteiger partial charge on any atom is -0.493 e. The van der Waals surface area contributed by atoms with E-state index in [1.165, 1.54) is 11.1 Å². The maximum absolute atomic E-state index is 12.4. The zero-order chi connectivity index (χ0) is 22.1. The van der Waals surface area contributed by atoms with Crippen LogP contribution >= 0.6 is 11.8 Å². The lowest BCUT2D eigenvalue weighted by Gasteiger charge is -2.09. The van der Waals surface area contributed by atoms with E-state index in [0.29, 0.717) is 22.8 Å². The Balaban J connectivity index is 1.55. The molecule has 0 saturated carbocycles. The topological polar surface area (TPSA) is 59.9 Å². The second kappa shape index (κ2) is 11.2. The number of amides is 1. The Labute approximate surface area is 187 Å². The lowest BCUT2D eigenvalue weighted by Crippen LogP contribution is -2.19. The highest BCUT2D eigenvalue weighted by Crippen LogP contribution is 2.27. The maximum atomic E-state index is 12.4. The first-order valence-corrected chi connectivity index (χ1v) is 11.0. The van der Waals surface area contributed by atoms with Crippen LogP contribution in [0.5, 0.6) is 11.5 Å². The highest BCUT2D eigenvalue weighted by atomic mass is 32.2. The summed E-state index contributed by atoms with van der Waals surface area (Å²) in [6, 6.07) is 23.5. The average Bonchev–Trinajstić information content (AvgIpc) is 2.83. The molecule has 0 aliphatic rings. The van der Waals surface area contributed by atoms with Gasteiger partial charge < -0.3 is 9.47 Å². The molecule has 3 aromatic carbocycles. The van der Waals surface area contributed by atoms with Crippen molar-refractivity contribution in [1.82, 2.24) is 5.43 Å². The summed E-state index contributed by atoms with van der Waals surface area (Å²) >= 11 is 1.85. The van der Waals surface area contributed by atoms with E-state index in [-0.39, 0.29) is 5.91 Å². The monoisotopic (exact) mass is 434 g/mol. The van der Waals surface area contributed by atoms with Crippen LogP contribution in [0.15, 0.2) is 77.9 Å². The van der Waals surface area contributed by atoms with Crippen LogP contribution in [0, 0.1) is 0 Å². The molecular formula is C25H26N2O3S. The predicted molar refractivity (Wildman–Crippen MR) is 127 cm³/mol. The number of benzene rings is 3. The van der Waals surface area contributed by atoms with Crippen molar-refractivity contribution in [2.45, 2.75) is 18.4 Å². The number of rotatable bonds is 9. The van der Waals surface area contributed by atoms with Crippen molar-refractivity contribution in [2.75, 3.05) is 14.2 Å². The van der Waals surface area contributed by atoms with Crippen LogP contribution < -0.4 is 14.9 Å². The fourth-order valence-corrected chi connectivity index (χ4v) is 3.90. The van der Waals surface area contributed by atoms with Gasteiger partial charge in [-0.05, 0) is 48.4 Å². The third-order valence-corrected chi connectivity index (χ3v) is 5.80. The lowest BCUT2D eigenvalue weighted by atomic mass is 10.1. The normalized spacial score (nSPS) is 11.1. The summed E-state index contributed by atoms with van der Waals surface area (Å²) in [7, 11) is 3.17. The number of thioether (sulfide) groups is 1. The van der Waals surface area contributed by atoms with Crippen LogP contribution in [0.3, 0.4) is 0 Å². The first-order valence-electron chi connectivity index (χ1n) is 9.88. The van der Waals surface area contributed by atoms with Gasteiger partial charge in [0.05, 0.1) is 19.9 Å². The molecule has 0 heterocycles. The van der Waals surface area contributed by atoms with Gasteiger partial charge in [0.15, 0.2) is 11.5 Å². The van der Waals surface area contributed by atoms with Crippen molar-refractivity contribution >= 4 is 23.4 Å². The largest absolute Gasteiger partial charge is 0.493 e. The molecule has 3 rings (SSSR count). The van der Waals surface area contributed by atoms with Crippen LogP contribution in [-0.4, -0.2) is 25.8 Å². The van der Waals surface area contributed by atoms with Gasteiger partial charge in [0, 0.05) is 22.6 Å². The Morgan fingerprint density at radius 3 is 2.10 bits per heavy atom. The number of nitrogens with one attached hydrogen (secondary N) is 1. The van der Waals surface area contributed by atoms with Crippen molar-refractivity contribution in [3.05, 3.63) is 95.1 Å². The molecule has 0 bridgehead atoms. The third kappa shape index (κ3) is 6.36. The van der Waals surface area contributed by atoms with Gasteiger partial charge in [-0.15, -0.1) is 0 Å². The second-order valence-electron chi connectivity index (χ2n) is 6.88. The van der Waals surface area contributed by atoms with Gasteiger partial charge in [0.1, 0.15) is 0 Å². The summed E-state index contributed by atoms with van der Waals surface area (Å²) in [5, 5.41) is 4.22. The van der Waals surface area contributed by atoms with Crippen LogP contribution in [0.1, 0.15) is 34.0 Å². The molecule has 0 radical (unpaired) electrons. The van der Waals surface area contributed by atoms with Gasteiger partial charge in [-0.1, -0.05) is 42.5 Å². The maximum Gasteiger partial charge on any atom is 0.271 e. The number of ether oxygens (including phenoxy) is 2. The number of methoxy groups -OCH3 is 2. The number of hydrogen-bond acceptors (Lipinski definition) is 5. The molecule has 0 unspecified atom stereocenters. The first-order chi connectivity index (χ1) is 15.1. The summed E-state index contributed by atoms with van der Waals surface area (Å²) in [4.78, 5) is 12.4. The Morgan fingerprint density at radius 2 is 1.45 bits per heavy atom. The minimum atomic E-state index is -0.247. The second-order valence-corrected chi connectivity index (χ2v) is 7.87. The highest BCUT2D eigenvalue weighted by Gasteiger charge is 2.08. The summed E-state index contributed by atoms with van der Waals surface area (Å²) in [6.45, 7) is 1.83. The standard InChI is InChI=1S/C25H26N2O3S/c1-18(22-13-14-23(29-2)24(15-22)30-3)26-27-25(28)21-11-9-20(10-12-21)17-31-16-19-7-5-4-6-8-19/h4-15H,16-17H2,1-3H3,(H,27,28)/b26-18-. The quantitative estimate of drug-likeness (QED) is 0.367. The molecule has 1 N–H and O–H groups in total. The van der Waals surface area contributed by atoms with Crippen LogP contribution in [0.25, 0.3) is 0 Å². The first kappa shape index (κ1) is 22.4. The molecule has 0 aliphatic heterocycles. The fourth-order valence-electron chi connectivity index (χ4n) is 2.94. The molecule has 0 fully saturated rings. The van der Waals surface area contributed by atoms with Crippen molar-refractivity contribution in [1.29, 1.82) is 0 Å². The van der Waals surface area contributed by atoms with Crippen molar-refractivity contribution in [3.8, 4) is 11.5 Å². The molecule has 3 aromatic rings. The molecule has 1 amide bonds. The zero-order valence-corrected chi connectivity index (χ0v) is 18.7. The van der Waals surface area contributed by atoms with E-state index >= 15 is 0 Å².